The quantitative estimate of drug-likeness (QED) is 0.570. The average Bonchev–Trinajstić information content (AvgIpc) is 2.19. The van der Waals surface area contributed by atoms with E-state index in [1.807, 2.05) is 0 Å². The Morgan fingerprint density at radius 1 is 1.21 bits per heavy atom. The maximum absolute atomic E-state index is 10.1. The number of aliphatic imine (C=N–C) groups is 2. The van der Waals surface area contributed by atoms with Crippen LogP contribution in [-0.4, -0.2) is 12.2 Å². The standard InChI is InChI=1S/C9H7N3O2/c10-4-7-1-2-8(11-5-13)3-9(7)12-6-14/h1-3H,4,10H2. The van der Waals surface area contributed by atoms with Gasteiger partial charge < -0.3 is 5.73 Å². The van der Waals surface area contributed by atoms with Crippen LogP contribution in [0.5, 0.6) is 0 Å². The third-order valence-corrected chi connectivity index (χ3v) is 1.63. The Kier molecular flexibility index (Phi) is 3.47. The van der Waals surface area contributed by atoms with Gasteiger partial charge in [-0.1, -0.05) is 6.07 Å². The Morgan fingerprint density at radius 3 is 2.50 bits per heavy atom. The highest BCUT2D eigenvalue weighted by Crippen LogP contribution is 2.24. The van der Waals surface area contributed by atoms with E-state index >= 15 is 0 Å². The fourth-order valence-corrected chi connectivity index (χ4v) is 1.00. The molecule has 1 aromatic rings. The molecule has 14 heavy (non-hydrogen) atoms. The third kappa shape index (κ3) is 2.21. The smallest absolute Gasteiger partial charge is 0.240 e. The van der Waals surface area contributed by atoms with Gasteiger partial charge in [-0.15, -0.1) is 0 Å². The van der Waals surface area contributed by atoms with Gasteiger partial charge in [0.25, 0.3) is 0 Å². The molecule has 0 saturated heterocycles. The van der Waals surface area contributed by atoms with Crippen molar-refractivity contribution in [2.45, 2.75) is 6.54 Å². The van der Waals surface area contributed by atoms with E-state index in [1.54, 1.807) is 12.1 Å². The number of carbonyl (C=O) groups excluding carboxylic acids is 2. The second-order valence-corrected chi connectivity index (χ2v) is 2.42. The zero-order valence-electron chi connectivity index (χ0n) is 7.23. The first-order valence-corrected chi connectivity index (χ1v) is 3.80. The van der Waals surface area contributed by atoms with E-state index in [4.69, 9.17) is 5.73 Å². The van der Waals surface area contributed by atoms with Crippen LogP contribution < -0.4 is 5.73 Å². The Hall–Kier alpha value is -2.06. The fourth-order valence-electron chi connectivity index (χ4n) is 1.00. The van der Waals surface area contributed by atoms with E-state index in [9.17, 15) is 9.59 Å². The molecule has 0 heterocycles. The van der Waals surface area contributed by atoms with Gasteiger partial charge in [0, 0.05) is 6.54 Å². The molecule has 70 valence electrons. The highest BCUT2D eigenvalue weighted by Gasteiger charge is 2.00. The first kappa shape index (κ1) is 10.0. The van der Waals surface area contributed by atoms with E-state index in [2.05, 4.69) is 9.98 Å². The van der Waals surface area contributed by atoms with Gasteiger partial charge in [-0.05, 0) is 17.7 Å². The highest BCUT2D eigenvalue weighted by molar-refractivity contribution is 5.61. The molecule has 5 heteroatoms. The molecule has 0 radical (unpaired) electrons. The molecule has 2 N–H and O–H groups in total. The van der Waals surface area contributed by atoms with Crippen LogP contribution in [0, 0.1) is 0 Å². The Balaban J connectivity index is 3.26. The van der Waals surface area contributed by atoms with Crippen LogP contribution in [0.4, 0.5) is 11.4 Å². The molecule has 0 aromatic heterocycles. The Labute approximate surface area is 80.0 Å². The monoisotopic (exact) mass is 189 g/mol. The van der Waals surface area contributed by atoms with Crippen molar-refractivity contribution in [2.24, 2.45) is 15.7 Å². The van der Waals surface area contributed by atoms with Crippen molar-refractivity contribution in [3.8, 4) is 0 Å². The van der Waals surface area contributed by atoms with Crippen molar-refractivity contribution >= 4 is 23.5 Å². The van der Waals surface area contributed by atoms with Gasteiger partial charge in [0.15, 0.2) is 0 Å². The number of hydrogen-bond donors (Lipinski definition) is 1. The van der Waals surface area contributed by atoms with E-state index < -0.39 is 0 Å². The predicted molar refractivity (Wildman–Crippen MR) is 49.9 cm³/mol. The van der Waals surface area contributed by atoms with Gasteiger partial charge in [-0.2, -0.15) is 9.98 Å². The molecule has 1 aromatic carbocycles. The van der Waals surface area contributed by atoms with Crippen molar-refractivity contribution in [3.05, 3.63) is 23.8 Å². The molecular formula is C9H7N3O2. The topological polar surface area (TPSA) is 84.9 Å². The molecule has 1 rings (SSSR count). The van der Waals surface area contributed by atoms with E-state index in [-0.39, 0.29) is 6.54 Å². The summed E-state index contributed by atoms with van der Waals surface area (Å²) in [5.74, 6) is 0. The Bertz CT molecular complexity index is 430. The van der Waals surface area contributed by atoms with Crippen molar-refractivity contribution in [2.75, 3.05) is 0 Å². The zero-order valence-corrected chi connectivity index (χ0v) is 7.23. The number of nitrogens with zero attached hydrogens (tertiary/aromatic N) is 2. The van der Waals surface area contributed by atoms with Gasteiger partial charge in [-0.3, -0.25) is 0 Å². The van der Waals surface area contributed by atoms with Crippen LogP contribution in [0.25, 0.3) is 0 Å². The van der Waals surface area contributed by atoms with E-state index in [0.717, 1.165) is 0 Å². The minimum Gasteiger partial charge on any atom is -0.326 e. The van der Waals surface area contributed by atoms with Gasteiger partial charge >= 0.3 is 0 Å². The number of nitrogens with two attached hydrogens (primary N) is 1. The summed E-state index contributed by atoms with van der Waals surface area (Å²) in [6.45, 7) is 0.256. The van der Waals surface area contributed by atoms with Gasteiger partial charge in [-0.25, -0.2) is 9.59 Å². The van der Waals surface area contributed by atoms with Gasteiger partial charge in [0.2, 0.25) is 12.2 Å². The molecule has 0 aliphatic heterocycles. The molecule has 0 bridgehead atoms. The van der Waals surface area contributed by atoms with Crippen LogP contribution in [-0.2, 0) is 16.1 Å². The predicted octanol–water partition coefficient (Wildman–Crippen LogP) is 1.08. The lowest BCUT2D eigenvalue weighted by atomic mass is 10.1. The number of isocyanates is 2. The SMILES string of the molecule is NCc1ccc(N=C=O)cc1N=C=O. The molecule has 0 amide bonds. The normalized spacial score (nSPS) is 8.64. The molecule has 0 saturated carbocycles. The molecule has 0 aliphatic carbocycles. The number of benzene rings is 1. The molecule has 0 aliphatic rings. The lowest BCUT2D eigenvalue weighted by molar-refractivity contribution is 0.564. The van der Waals surface area contributed by atoms with Crippen LogP contribution in [0.3, 0.4) is 0 Å². The number of hydrogen-bond acceptors (Lipinski definition) is 5. The molecule has 0 spiro atoms. The molecule has 5 nitrogen and oxygen atoms in total. The maximum atomic E-state index is 10.1. The minimum atomic E-state index is 0.256. The van der Waals surface area contributed by atoms with Crippen molar-refractivity contribution in [1.29, 1.82) is 0 Å². The Morgan fingerprint density at radius 2 is 1.93 bits per heavy atom. The minimum absolute atomic E-state index is 0.256. The maximum Gasteiger partial charge on any atom is 0.240 e. The van der Waals surface area contributed by atoms with Crippen molar-refractivity contribution in [3.63, 3.8) is 0 Å². The second-order valence-electron chi connectivity index (χ2n) is 2.42. The van der Waals surface area contributed by atoms with Crippen LogP contribution in [0.2, 0.25) is 0 Å². The average molecular weight is 189 g/mol. The summed E-state index contributed by atoms with van der Waals surface area (Å²) in [6.07, 6.45) is 2.80. The molecule has 0 atom stereocenters. The molecule has 0 fully saturated rings. The van der Waals surface area contributed by atoms with E-state index in [1.165, 1.54) is 18.2 Å². The fraction of sp³-hybridized carbons (Fsp3) is 0.111. The first-order chi connectivity index (χ1) is 6.81. The lowest BCUT2D eigenvalue weighted by Crippen LogP contribution is -1.95. The van der Waals surface area contributed by atoms with Crippen LogP contribution in [0.15, 0.2) is 28.2 Å². The van der Waals surface area contributed by atoms with Gasteiger partial charge in [0.1, 0.15) is 0 Å². The van der Waals surface area contributed by atoms with Gasteiger partial charge in [0.05, 0.1) is 11.4 Å². The summed E-state index contributed by atoms with van der Waals surface area (Å²) in [6, 6.07) is 4.71. The lowest BCUT2D eigenvalue weighted by Gasteiger charge is -2.00. The van der Waals surface area contributed by atoms with Crippen LogP contribution in [0.1, 0.15) is 5.56 Å². The summed E-state index contributed by atoms with van der Waals surface area (Å²) in [5, 5.41) is 0. The summed E-state index contributed by atoms with van der Waals surface area (Å²) in [7, 11) is 0. The summed E-state index contributed by atoms with van der Waals surface area (Å²) < 4.78 is 0. The summed E-state index contributed by atoms with van der Waals surface area (Å²) in [5.41, 5.74) is 6.85. The number of rotatable bonds is 3. The largest absolute Gasteiger partial charge is 0.326 e. The van der Waals surface area contributed by atoms with Crippen LogP contribution >= 0.6 is 0 Å². The third-order valence-electron chi connectivity index (χ3n) is 1.63. The first-order valence-electron chi connectivity index (χ1n) is 3.80. The zero-order chi connectivity index (χ0) is 10.4. The second kappa shape index (κ2) is 4.84. The van der Waals surface area contributed by atoms with E-state index in [0.29, 0.717) is 16.9 Å². The van der Waals surface area contributed by atoms with Crippen molar-refractivity contribution < 1.29 is 9.59 Å². The van der Waals surface area contributed by atoms with Crippen molar-refractivity contribution in [1.82, 2.24) is 0 Å². The summed E-state index contributed by atoms with van der Waals surface area (Å²) >= 11 is 0. The summed E-state index contributed by atoms with van der Waals surface area (Å²) in [4.78, 5) is 26.9. The molecular weight excluding hydrogens is 182 g/mol. The molecule has 0 unspecified atom stereocenters. The highest BCUT2D eigenvalue weighted by atomic mass is 16.1.